The third-order valence-corrected chi connectivity index (χ3v) is 2.50. The Morgan fingerprint density at radius 1 is 1.24 bits per heavy atom. The lowest BCUT2D eigenvalue weighted by atomic mass is 10.1. The number of halogens is 5. The second kappa shape index (κ2) is 4.34. The van der Waals surface area contributed by atoms with Crippen LogP contribution in [0.15, 0.2) is 18.2 Å². The number of alkyl halides is 3. The van der Waals surface area contributed by atoms with E-state index >= 15 is 0 Å². The Balaban J connectivity index is 0.00000144. The number of hydrogen-bond acceptors (Lipinski definition) is 2. The second-order valence-corrected chi connectivity index (χ2v) is 3.85. The zero-order valence-corrected chi connectivity index (χ0v) is 9.37. The van der Waals surface area contributed by atoms with Crippen LogP contribution in [0, 0.1) is 5.82 Å². The molecule has 0 heterocycles. The first kappa shape index (κ1) is 14.1. The minimum atomic E-state index is -4.78. The van der Waals surface area contributed by atoms with E-state index in [1.807, 2.05) is 0 Å². The molecular weight excluding hydrogens is 262 g/mol. The molecule has 1 aliphatic rings. The number of rotatable bonds is 2. The van der Waals surface area contributed by atoms with Crippen LogP contribution < -0.4 is 10.5 Å². The largest absolute Gasteiger partial charge is 0.573 e. The lowest BCUT2D eigenvalue weighted by molar-refractivity contribution is -0.274. The van der Waals surface area contributed by atoms with E-state index in [0.717, 1.165) is 18.2 Å². The van der Waals surface area contributed by atoms with Gasteiger partial charge in [-0.1, -0.05) is 0 Å². The van der Waals surface area contributed by atoms with Crippen LogP contribution in [0.1, 0.15) is 18.4 Å². The predicted octanol–water partition coefficient (Wildman–Crippen LogP) is 3.09. The van der Waals surface area contributed by atoms with Crippen molar-refractivity contribution in [2.24, 2.45) is 5.73 Å². The molecule has 0 radical (unpaired) electrons. The van der Waals surface area contributed by atoms with E-state index in [-0.39, 0.29) is 18.0 Å². The first-order chi connectivity index (χ1) is 7.30. The van der Waals surface area contributed by atoms with Crippen molar-refractivity contribution in [2.75, 3.05) is 0 Å². The van der Waals surface area contributed by atoms with Crippen LogP contribution in [0.2, 0.25) is 0 Å². The summed E-state index contributed by atoms with van der Waals surface area (Å²) in [7, 11) is 0. The quantitative estimate of drug-likeness (QED) is 0.839. The van der Waals surface area contributed by atoms with Crippen molar-refractivity contribution in [3.63, 3.8) is 0 Å². The van der Waals surface area contributed by atoms with Gasteiger partial charge in [0.05, 0.1) is 0 Å². The fourth-order valence-electron chi connectivity index (χ4n) is 1.49. The normalized spacial score (nSPS) is 17.2. The smallest absolute Gasteiger partial charge is 0.406 e. The molecule has 17 heavy (non-hydrogen) atoms. The van der Waals surface area contributed by atoms with Crippen molar-refractivity contribution in [2.45, 2.75) is 24.7 Å². The van der Waals surface area contributed by atoms with Crippen LogP contribution in [-0.4, -0.2) is 6.36 Å². The van der Waals surface area contributed by atoms with Crippen molar-refractivity contribution in [3.05, 3.63) is 29.6 Å². The molecule has 2 N–H and O–H groups in total. The Morgan fingerprint density at radius 2 is 1.82 bits per heavy atom. The number of nitrogens with two attached hydrogens (primary N) is 1. The van der Waals surface area contributed by atoms with Gasteiger partial charge in [-0.3, -0.25) is 0 Å². The number of hydrogen-bond donors (Lipinski definition) is 1. The fourth-order valence-corrected chi connectivity index (χ4v) is 1.49. The maximum absolute atomic E-state index is 13.3. The van der Waals surface area contributed by atoms with Gasteiger partial charge in [-0.2, -0.15) is 0 Å². The maximum Gasteiger partial charge on any atom is 0.573 e. The molecule has 0 bridgehead atoms. The average molecular weight is 272 g/mol. The van der Waals surface area contributed by atoms with Crippen molar-refractivity contribution in [1.82, 2.24) is 0 Å². The highest BCUT2D eigenvalue weighted by Crippen LogP contribution is 2.44. The standard InChI is InChI=1S/C10H9F4NO.ClH/c11-8-2-1-6(16-10(12,13)14)5-7(8)9(15)3-4-9;/h1-2,5H,3-4,15H2;1H. The molecule has 0 unspecified atom stereocenters. The minimum Gasteiger partial charge on any atom is -0.406 e. The first-order valence-corrected chi connectivity index (χ1v) is 4.65. The highest BCUT2D eigenvalue weighted by atomic mass is 35.5. The van der Waals surface area contributed by atoms with E-state index in [4.69, 9.17) is 5.73 Å². The number of ether oxygens (including phenoxy) is 1. The fraction of sp³-hybridized carbons (Fsp3) is 0.400. The van der Waals surface area contributed by atoms with Gasteiger partial charge in [0.15, 0.2) is 0 Å². The van der Waals surface area contributed by atoms with Crippen molar-refractivity contribution < 1.29 is 22.3 Å². The second-order valence-electron chi connectivity index (χ2n) is 3.85. The zero-order valence-electron chi connectivity index (χ0n) is 8.55. The third kappa shape index (κ3) is 3.23. The molecule has 0 atom stereocenters. The molecule has 0 aromatic heterocycles. The highest BCUT2D eigenvalue weighted by molar-refractivity contribution is 5.85. The Labute approximate surface area is 101 Å². The Bertz CT molecular complexity index is 417. The summed E-state index contributed by atoms with van der Waals surface area (Å²) in [4.78, 5) is 0. The van der Waals surface area contributed by atoms with E-state index in [9.17, 15) is 17.6 Å². The Morgan fingerprint density at radius 3 is 2.29 bits per heavy atom. The topological polar surface area (TPSA) is 35.2 Å². The van der Waals surface area contributed by atoms with E-state index in [1.165, 1.54) is 0 Å². The van der Waals surface area contributed by atoms with E-state index < -0.39 is 23.5 Å². The molecule has 0 aliphatic heterocycles. The molecule has 0 saturated heterocycles. The van der Waals surface area contributed by atoms with Crippen LogP contribution in [0.5, 0.6) is 5.75 Å². The minimum absolute atomic E-state index is 0. The molecule has 96 valence electrons. The van der Waals surface area contributed by atoms with Crippen molar-refractivity contribution >= 4 is 12.4 Å². The summed E-state index contributed by atoms with van der Waals surface area (Å²) in [5.41, 5.74) is 4.98. The molecular formula is C10H10ClF4NO. The van der Waals surface area contributed by atoms with Gasteiger partial charge in [0.1, 0.15) is 11.6 Å². The molecule has 0 spiro atoms. The molecule has 1 fully saturated rings. The molecule has 2 nitrogen and oxygen atoms in total. The van der Waals surface area contributed by atoms with Gasteiger partial charge in [0.25, 0.3) is 0 Å². The molecule has 1 aliphatic carbocycles. The van der Waals surface area contributed by atoms with Crippen LogP contribution in [0.3, 0.4) is 0 Å². The Hall–Kier alpha value is -1.01. The number of benzene rings is 1. The lowest BCUT2D eigenvalue weighted by Crippen LogP contribution is -2.22. The summed E-state index contributed by atoms with van der Waals surface area (Å²) in [5, 5.41) is 0. The average Bonchev–Trinajstić information content (AvgIpc) is 2.86. The summed E-state index contributed by atoms with van der Waals surface area (Å²) >= 11 is 0. The van der Waals surface area contributed by atoms with Crippen LogP contribution in [0.4, 0.5) is 17.6 Å². The zero-order chi connectivity index (χ0) is 12.0. The van der Waals surface area contributed by atoms with Gasteiger partial charge in [0, 0.05) is 11.1 Å². The van der Waals surface area contributed by atoms with Gasteiger partial charge < -0.3 is 10.5 Å². The van der Waals surface area contributed by atoms with E-state index in [2.05, 4.69) is 4.74 Å². The molecule has 7 heteroatoms. The highest BCUT2D eigenvalue weighted by Gasteiger charge is 2.42. The molecule has 1 aromatic carbocycles. The SMILES string of the molecule is Cl.NC1(c2cc(OC(F)(F)F)ccc2F)CC1. The monoisotopic (exact) mass is 271 g/mol. The predicted molar refractivity (Wildman–Crippen MR) is 55.4 cm³/mol. The van der Waals surface area contributed by atoms with E-state index in [1.54, 1.807) is 0 Å². The van der Waals surface area contributed by atoms with Crippen LogP contribution in [-0.2, 0) is 5.54 Å². The molecule has 0 amide bonds. The van der Waals surface area contributed by atoms with Crippen molar-refractivity contribution in [1.29, 1.82) is 0 Å². The summed E-state index contributed by atoms with van der Waals surface area (Å²) in [6, 6.07) is 2.87. The maximum atomic E-state index is 13.3. The third-order valence-electron chi connectivity index (χ3n) is 2.50. The van der Waals surface area contributed by atoms with Gasteiger partial charge in [0.2, 0.25) is 0 Å². The summed E-state index contributed by atoms with van der Waals surface area (Å²) in [6.07, 6.45) is -3.64. The lowest BCUT2D eigenvalue weighted by Gasteiger charge is -2.14. The van der Waals surface area contributed by atoms with Gasteiger partial charge in [-0.25, -0.2) is 4.39 Å². The van der Waals surface area contributed by atoms with Crippen LogP contribution >= 0.6 is 12.4 Å². The van der Waals surface area contributed by atoms with Crippen molar-refractivity contribution in [3.8, 4) is 5.75 Å². The van der Waals surface area contributed by atoms with Gasteiger partial charge in [-0.05, 0) is 31.0 Å². The summed E-state index contributed by atoms with van der Waals surface area (Å²) in [5.74, 6) is -1.05. The molecule has 1 aromatic rings. The Kier molecular flexibility index (Phi) is 3.59. The molecule has 2 rings (SSSR count). The summed E-state index contributed by atoms with van der Waals surface area (Å²) in [6.45, 7) is 0. The van der Waals surface area contributed by atoms with Crippen LogP contribution in [0.25, 0.3) is 0 Å². The van der Waals surface area contributed by atoms with E-state index in [0.29, 0.717) is 12.8 Å². The molecule has 1 saturated carbocycles. The van der Waals surface area contributed by atoms with Gasteiger partial charge >= 0.3 is 6.36 Å². The first-order valence-electron chi connectivity index (χ1n) is 4.65. The van der Waals surface area contributed by atoms with Gasteiger partial charge in [-0.15, -0.1) is 25.6 Å². The summed E-state index contributed by atoms with van der Waals surface area (Å²) < 4.78 is 52.8.